The first-order chi connectivity index (χ1) is 11.0. The minimum Gasteiger partial charge on any atom is -0.390 e. The Morgan fingerprint density at radius 3 is 2.57 bits per heavy atom. The van der Waals surface area contributed by atoms with Gasteiger partial charge in [-0.05, 0) is 24.7 Å². The third kappa shape index (κ3) is 2.56. The van der Waals surface area contributed by atoms with Crippen molar-refractivity contribution in [2.45, 2.75) is 31.6 Å². The lowest BCUT2D eigenvalue weighted by Gasteiger charge is -2.32. The third-order valence-electron chi connectivity index (χ3n) is 5.21. The Labute approximate surface area is 132 Å². The standard InChI is InChI=1S/C15H21N5O3/c1-19-14-10(4-16-19)15(23)18-13(17-14)7-20-5-8-2-11(21)12(22)3-9(8)6-20/h4,8-9,11-12,21-22H,2-3,5-7H2,1H3,(H,17,18,23)/t8-,9+,11+,12-. The normalized spacial score (nSPS) is 31.6. The monoisotopic (exact) mass is 319 g/mol. The van der Waals surface area contributed by atoms with Crippen molar-refractivity contribution in [2.75, 3.05) is 13.1 Å². The van der Waals surface area contributed by atoms with Crippen LogP contribution in [0.1, 0.15) is 18.7 Å². The lowest BCUT2D eigenvalue weighted by molar-refractivity contribution is -0.0372. The molecule has 2 fully saturated rings. The number of likely N-dealkylation sites (tertiary alicyclic amines) is 1. The molecule has 4 rings (SSSR count). The van der Waals surface area contributed by atoms with Gasteiger partial charge in [0.1, 0.15) is 11.2 Å². The lowest BCUT2D eigenvalue weighted by Crippen LogP contribution is -2.38. The number of aryl methyl sites for hydroxylation is 1. The van der Waals surface area contributed by atoms with Crippen LogP contribution in [0, 0.1) is 11.8 Å². The van der Waals surface area contributed by atoms with Crippen LogP contribution >= 0.6 is 0 Å². The topological polar surface area (TPSA) is 107 Å². The van der Waals surface area contributed by atoms with Crippen LogP contribution in [-0.2, 0) is 13.6 Å². The Bertz CT molecular complexity index is 767. The average molecular weight is 319 g/mol. The van der Waals surface area contributed by atoms with Crippen LogP contribution in [0.25, 0.3) is 11.0 Å². The van der Waals surface area contributed by atoms with E-state index in [1.807, 2.05) is 0 Å². The Hall–Kier alpha value is -1.77. The van der Waals surface area contributed by atoms with Crippen molar-refractivity contribution in [1.82, 2.24) is 24.6 Å². The second-order valence-corrected chi connectivity index (χ2v) is 6.84. The predicted molar refractivity (Wildman–Crippen MR) is 82.6 cm³/mol. The second-order valence-electron chi connectivity index (χ2n) is 6.84. The smallest absolute Gasteiger partial charge is 0.262 e. The highest BCUT2D eigenvalue weighted by Crippen LogP contribution is 2.36. The molecule has 0 aromatic carbocycles. The number of aromatic nitrogens is 4. The molecule has 2 aromatic heterocycles. The highest BCUT2D eigenvalue weighted by atomic mass is 16.3. The summed E-state index contributed by atoms with van der Waals surface area (Å²) in [4.78, 5) is 21.7. The van der Waals surface area contributed by atoms with Crippen LogP contribution in [0.3, 0.4) is 0 Å². The number of aliphatic hydroxyl groups excluding tert-OH is 2. The summed E-state index contributed by atoms with van der Waals surface area (Å²) in [5, 5.41) is 24.2. The fourth-order valence-corrected chi connectivity index (χ4v) is 4.00. The number of H-pyrrole nitrogens is 1. The molecule has 2 aromatic rings. The van der Waals surface area contributed by atoms with E-state index < -0.39 is 12.2 Å². The predicted octanol–water partition coefficient (Wildman–Crippen LogP) is -0.780. The molecule has 1 saturated heterocycles. The molecular formula is C15H21N5O3. The molecule has 3 heterocycles. The highest BCUT2D eigenvalue weighted by molar-refractivity contribution is 5.72. The fraction of sp³-hybridized carbons (Fsp3) is 0.667. The largest absolute Gasteiger partial charge is 0.390 e. The average Bonchev–Trinajstić information content (AvgIpc) is 3.04. The maximum Gasteiger partial charge on any atom is 0.262 e. The van der Waals surface area contributed by atoms with Gasteiger partial charge in [-0.25, -0.2) is 4.98 Å². The van der Waals surface area contributed by atoms with Gasteiger partial charge in [0.05, 0.1) is 24.9 Å². The van der Waals surface area contributed by atoms with E-state index in [2.05, 4.69) is 20.0 Å². The number of nitrogens with one attached hydrogen (secondary N) is 1. The number of aromatic amines is 1. The van der Waals surface area contributed by atoms with E-state index >= 15 is 0 Å². The molecule has 4 atom stereocenters. The molecule has 0 spiro atoms. The van der Waals surface area contributed by atoms with Gasteiger partial charge in [-0.2, -0.15) is 5.10 Å². The zero-order valence-electron chi connectivity index (χ0n) is 13.0. The van der Waals surface area contributed by atoms with E-state index in [0.717, 1.165) is 13.1 Å². The van der Waals surface area contributed by atoms with Gasteiger partial charge in [0.25, 0.3) is 5.56 Å². The van der Waals surface area contributed by atoms with Crippen LogP contribution in [0.4, 0.5) is 0 Å². The Balaban J connectivity index is 1.53. The fourth-order valence-electron chi connectivity index (χ4n) is 4.00. The second kappa shape index (κ2) is 5.40. The summed E-state index contributed by atoms with van der Waals surface area (Å²) in [6, 6.07) is 0. The summed E-state index contributed by atoms with van der Waals surface area (Å²) in [5.41, 5.74) is 0.423. The summed E-state index contributed by atoms with van der Waals surface area (Å²) in [7, 11) is 1.77. The van der Waals surface area contributed by atoms with Gasteiger partial charge >= 0.3 is 0 Å². The van der Waals surface area contributed by atoms with E-state index in [4.69, 9.17) is 0 Å². The van der Waals surface area contributed by atoms with Crippen molar-refractivity contribution < 1.29 is 10.2 Å². The summed E-state index contributed by atoms with van der Waals surface area (Å²) < 4.78 is 1.60. The maximum atomic E-state index is 12.1. The summed E-state index contributed by atoms with van der Waals surface area (Å²) in [6.07, 6.45) is 1.60. The molecule has 2 aliphatic rings. The molecule has 0 radical (unpaired) electrons. The third-order valence-corrected chi connectivity index (χ3v) is 5.21. The minimum atomic E-state index is -0.611. The van der Waals surface area contributed by atoms with Crippen LogP contribution in [-0.4, -0.2) is 60.2 Å². The van der Waals surface area contributed by atoms with E-state index in [1.165, 1.54) is 6.20 Å². The quantitative estimate of drug-likeness (QED) is 0.670. The summed E-state index contributed by atoms with van der Waals surface area (Å²) in [6.45, 7) is 2.29. The van der Waals surface area contributed by atoms with Crippen LogP contribution < -0.4 is 5.56 Å². The van der Waals surface area contributed by atoms with Crippen LogP contribution in [0.2, 0.25) is 0 Å². The van der Waals surface area contributed by atoms with Crippen molar-refractivity contribution in [1.29, 1.82) is 0 Å². The van der Waals surface area contributed by atoms with Gasteiger partial charge < -0.3 is 15.2 Å². The first kappa shape index (κ1) is 14.8. The molecular weight excluding hydrogens is 298 g/mol. The molecule has 1 aliphatic heterocycles. The zero-order chi connectivity index (χ0) is 16.1. The van der Waals surface area contributed by atoms with E-state index in [1.54, 1.807) is 11.7 Å². The van der Waals surface area contributed by atoms with Gasteiger partial charge in [0.2, 0.25) is 0 Å². The Morgan fingerprint density at radius 2 is 1.91 bits per heavy atom. The maximum absolute atomic E-state index is 12.1. The number of rotatable bonds is 2. The highest BCUT2D eigenvalue weighted by Gasteiger charge is 2.41. The molecule has 0 bridgehead atoms. The molecule has 1 saturated carbocycles. The lowest BCUT2D eigenvalue weighted by atomic mass is 9.79. The molecule has 1 aliphatic carbocycles. The van der Waals surface area contributed by atoms with Crippen LogP contribution in [0.15, 0.2) is 11.0 Å². The van der Waals surface area contributed by atoms with Crippen molar-refractivity contribution in [3.63, 3.8) is 0 Å². The molecule has 124 valence electrons. The number of nitrogens with zero attached hydrogens (tertiary/aromatic N) is 4. The van der Waals surface area contributed by atoms with Crippen molar-refractivity contribution in [3.05, 3.63) is 22.4 Å². The van der Waals surface area contributed by atoms with Crippen molar-refractivity contribution in [2.24, 2.45) is 18.9 Å². The summed E-state index contributed by atoms with van der Waals surface area (Å²) >= 11 is 0. The SMILES string of the molecule is Cn1ncc2c(=O)[nH]c(CN3C[C@H]4C[C@H](O)[C@H](O)C[C@H]4C3)nc21. The first-order valence-electron chi connectivity index (χ1n) is 8.00. The Kier molecular flexibility index (Phi) is 3.47. The molecule has 8 heteroatoms. The number of hydrogen-bond acceptors (Lipinski definition) is 6. The molecule has 0 amide bonds. The molecule has 3 N–H and O–H groups in total. The van der Waals surface area contributed by atoms with Gasteiger partial charge in [0, 0.05) is 20.1 Å². The van der Waals surface area contributed by atoms with E-state index in [9.17, 15) is 15.0 Å². The molecule has 23 heavy (non-hydrogen) atoms. The number of fused-ring (bicyclic) bond motifs is 2. The van der Waals surface area contributed by atoms with Gasteiger partial charge in [-0.3, -0.25) is 14.4 Å². The van der Waals surface area contributed by atoms with Crippen molar-refractivity contribution in [3.8, 4) is 0 Å². The van der Waals surface area contributed by atoms with Gasteiger partial charge in [-0.15, -0.1) is 0 Å². The Morgan fingerprint density at radius 1 is 1.26 bits per heavy atom. The minimum absolute atomic E-state index is 0.166. The van der Waals surface area contributed by atoms with E-state index in [-0.39, 0.29) is 5.56 Å². The van der Waals surface area contributed by atoms with Crippen molar-refractivity contribution >= 4 is 11.0 Å². The van der Waals surface area contributed by atoms with Gasteiger partial charge in [0.15, 0.2) is 5.65 Å². The zero-order valence-corrected chi connectivity index (χ0v) is 13.0. The number of aliphatic hydroxyl groups is 2. The molecule has 8 nitrogen and oxygen atoms in total. The first-order valence-corrected chi connectivity index (χ1v) is 8.00. The van der Waals surface area contributed by atoms with E-state index in [0.29, 0.717) is 48.1 Å². The van der Waals surface area contributed by atoms with Gasteiger partial charge in [-0.1, -0.05) is 0 Å². The number of hydrogen-bond donors (Lipinski definition) is 3. The summed E-state index contributed by atoms with van der Waals surface area (Å²) in [5.74, 6) is 1.44. The van der Waals surface area contributed by atoms with Crippen LogP contribution in [0.5, 0.6) is 0 Å². The molecule has 0 unspecified atom stereocenters.